The topological polar surface area (TPSA) is 60.0 Å². The summed E-state index contributed by atoms with van der Waals surface area (Å²) in [5.74, 6) is 0.384. The molecule has 6 heteroatoms. The number of carbonyl (C=O) groups excluding carboxylic acids is 1. The van der Waals surface area contributed by atoms with E-state index in [1.807, 2.05) is 13.8 Å². The maximum atomic E-state index is 11.3. The third kappa shape index (κ3) is 5.69. The first kappa shape index (κ1) is 20.7. The lowest BCUT2D eigenvalue weighted by atomic mass is 10.0. The molecule has 6 nitrogen and oxygen atoms in total. The number of esters is 1. The number of nitrogens with zero attached hydrogens (tertiary/aromatic N) is 1. The fourth-order valence-electron chi connectivity index (χ4n) is 3.31. The first-order valence-corrected chi connectivity index (χ1v) is 9.27. The molecule has 0 aliphatic carbocycles. The lowest BCUT2D eigenvalue weighted by molar-refractivity contribution is -0.142. The molecule has 0 saturated carbocycles. The fraction of sp³-hybridized carbons (Fsp3) is 0.650. The van der Waals surface area contributed by atoms with E-state index in [-0.39, 0.29) is 12.6 Å². The van der Waals surface area contributed by atoms with Crippen LogP contribution < -0.4 is 10.1 Å². The zero-order valence-electron chi connectivity index (χ0n) is 16.6. The van der Waals surface area contributed by atoms with Crippen LogP contribution in [0.1, 0.15) is 30.5 Å². The largest absolute Gasteiger partial charge is 0.481 e. The number of carbonyl (C=O) groups is 1. The van der Waals surface area contributed by atoms with Crippen molar-refractivity contribution in [3.8, 4) is 5.75 Å². The van der Waals surface area contributed by atoms with Crippen LogP contribution in [0, 0.1) is 13.8 Å². The number of methoxy groups -OCH3 is 1. The van der Waals surface area contributed by atoms with Crippen LogP contribution in [0.5, 0.6) is 5.75 Å². The van der Waals surface area contributed by atoms with Gasteiger partial charge in [-0.3, -0.25) is 4.90 Å². The summed E-state index contributed by atoms with van der Waals surface area (Å²) < 4.78 is 15.7. The molecule has 1 aliphatic rings. The predicted octanol–water partition coefficient (Wildman–Crippen LogP) is 2.05. The monoisotopic (exact) mass is 364 g/mol. The van der Waals surface area contributed by atoms with Gasteiger partial charge in [-0.1, -0.05) is 12.1 Å². The molecule has 26 heavy (non-hydrogen) atoms. The van der Waals surface area contributed by atoms with E-state index < -0.39 is 0 Å². The average molecular weight is 364 g/mol. The fourth-order valence-corrected chi connectivity index (χ4v) is 3.31. The molecule has 1 N–H and O–H groups in total. The van der Waals surface area contributed by atoms with Gasteiger partial charge in [0.25, 0.3) is 0 Å². The molecule has 1 aromatic rings. The standard InChI is InChI=1S/C20H32N2O4/c1-14-10-18(11-15(2)20(14)26-13-19(23)24-5)12-21-16(3)17(4)22-6-8-25-9-7-22/h10-11,16-17,21H,6-9,12-13H2,1-5H3. The summed E-state index contributed by atoms with van der Waals surface area (Å²) in [6, 6.07) is 5.06. The van der Waals surface area contributed by atoms with Gasteiger partial charge in [0.2, 0.25) is 0 Å². The Hall–Kier alpha value is -1.63. The Morgan fingerprint density at radius 3 is 2.42 bits per heavy atom. The van der Waals surface area contributed by atoms with Crippen LogP contribution in [0.3, 0.4) is 0 Å². The quantitative estimate of drug-likeness (QED) is 0.713. The van der Waals surface area contributed by atoms with Gasteiger partial charge in [0.1, 0.15) is 5.75 Å². The molecule has 1 fully saturated rings. The lowest BCUT2D eigenvalue weighted by Gasteiger charge is -2.36. The third-order valence-corrected chi connectivity index (χ3v) is 5.06. The first-order chi connectivity index (χ1) is 12.4. The minimum atomic E-state index is -0.375. The molecule has 1 heterocycles. The molecule has 1 saturated heterocycles. The maximum absolute atomic E-state index is 11.3. The van der Waals surface area contributed by atoms with E-state index in [9.17, 15) is 4.79 Å². The predicted molar refractivity (Wildman–Crippen MR) is 102 cm³/mol. The summed E-state index contributed by atoms with van der Waals surface area (Å²) in [4.78, 5) is 13.8. The van der Waals surface area contributed by atoms with Gasteiger partial charge >= 0.3 is 5.97 Å². The van der Waals surface area contributed by atoms with Gasteiger partial charge in [-0.05, 0) is 44.4 Å². The summed E-state index contributed by atoms with van der Waals surface area (Å²) in [7, 11) is 1.36. The smallest absolute Gasteiger partial charge is 0.343 e. The third-order valence-electron chi connectivity index (χ3n) is 5.06. The minimum absolute atomic E-state index is 0.0656. The molecule has 0 bridgehead atoms. The van der Waals surface area contributed by atoms with E-state index in [2.05, 4.69) is 40.9 Å². The molecule has 1 aliphatic heterocycles. The number of hydrogen-bond acceptors (Lipinski definition) is 6. The number of rotatable bonds is 8. The van der Waals surface area contributed by atoms with Crippen molar-refractivity contribution >= 4 is 5.97 Å². The summed E-state index contributed by atoms with van der Waals surface area (Å²) in [6.07, 6.45) is 0. The highest BCUT2D eigenvalue weighted by molar-refractivity contribution is 5.71. The van der Waals surface area contributed by atoms with Gasteiger partial charge < -0.3 is 19.5 Å². The molecular weight excluding hydrogens is 332 g/mol. The summed E-state index contributed by atoms with van der Waals surface area (Å²) in [6.45, 7) is 12.9. The summed E-state index contributed by atoms with van der Waals surface area (Å²) >= 11 is 0. The molecule has 146 valence electrons. The SMILES string of the molecule is COC(=O)COc1c(C)cc(CNC(C)C(C)N2CCOCC2)cc1C. The Kier molecular flexibility index (Phi) is 7.87. The maximum Gasteiger partial charge on any atom is 0.343 e. The van der Waals surface area contributed by atoms with E-state index in [0.717, 1.165) is 49.7 Å². The second-order valence-corrected chi connectivity index (χ2v) is 6.98. The van der Waals surface area contributed by atoms with Crippen molar-refractivity contribution in [3.63, 3.8) is 0 Å². The molecular formula is C20H32N2O4. The van der Waals surface area contributed by atoms with Gasteiger partial charge in [-0.15, -0.1) is 0 Å². The second kappa shape index (κ2) is 9.90. The highest BCUT2D eigenvalue weighted by atomic mass is 16.6. The van der Waals surface area contributed by atoms with Crippen LogP contribution in [-0.2, 0) is 20.8 Å². The Bertz CT molecular complexity index is 576. The minimum Gasteiger partial charge on any atom is -0.481 e. The van der Waals surface area contributed by atoms with Crippen LogP contribution in [0.4, 0.5) is 0 Å². The highest BCUT2D eigenvalue weighted by Gasteiger charge is 2.21. The molecule has 0 radical (unpaired) electrons. The lowest BCUT2D eigenvalue weighted by Crippen LogP contribution is -2.50. The number of benzene rings is 1. The van der Waals surface area contributed by atoms with Crippen molar-refractivity contribution in [2.45, 2.75) is 46.3 Å². The number of ether oxygens (including phenoxy) is 3. The molecule has 0 spiro atoms. The highest BCUT2D eigenvalue weighted by Crippen LogP contribution is 2.25. The molecule has 1 aromatic carbocycles. The van der Waals surface area contributed by atoms with Crippen LogP contribution >= 0.6 is 0 Å². The first-order valence-electron chi connectivity index (χ1n) is 9.27. The van der Waals surface area contributed by atoms with Crippen molar-refractivity contribution in [3.05, 3.63) is 28.8 Å². The summed E-state index contributed by atoms with van der Waals surface area (Å²) in [5, 5.41) is 3.63. The van der Waals surface area contributed by atoms with Gasteiger partial charge in [-0.2, -0.15) is 0 Å². The Labute approximate surface area is 156 Å². The van der Waals surface area contributed by atoms with E-state index in [0.29, 0.717) is 12.1 Å². The second-order valence-electron chi connectivity index (χ2n) is 6.98. The molecule has 2 unspecified atom stereocenters. The van der Waals surface area contributed by atoms with Gasteiger partial charge in [-0.25, -0.2) is 4.79 Å². The van der Waals surface area contributed by atoms with Gasteiger partial charge in [0, 0.05) is 31.7 Å². The van der Waals surface area contributed by atoms with E-state index in [1.54, 1.807) is 0 Å². The number of morpholine rings is 1. The van der Waals surface area contributed by atoms with Crippen LogP contribution in [0.2, 0.25) is 0 Å². The van der Waals surface area contributed by atoms with E-state index in [4.69, 9.17) is 9.47 Å². The zero-order valence-corrected chi connectivity index (χ0v) is 16.6. The average Bonchev–Trinajstić information content (AvgIpc) is 2.65. The number of aryl methyl sites for hydroxylation is 2. The van der Waals surface area contributed by atoms with Crippen molar-refractivity contribution in [2.75, 3.05) is 40.0 Å². The van der Waals surface area contributed by atoms with Gasteiger partial charge in [0.05, 0.1) is 20.3 Å². The van der Waals surface area contributed by atoms with Crippen molar-refractivity contribution in [2.24, 2.45) is 0 Å². The Balaban J connectivity index is 1.91. The molecule has 2 rings (SSSR count). The number of hydrogen-bond donors (Lipinski definition) is 1. The van der Waals surface area contributed by atoms with Crippen molar-refractivity contribution in [1.82, 2.24) is 10.2 Å². The zero-order chi connectivity index (χ0) is 19.1. The Morgan fingerprint density at radius 2 is 1.85 bits per heavy atom. The normalized spacial score (nSPS) is 17.6. The molecule has 2 atom stereocenters. The van der Waals surface area contributed by atoms with Gasteiger partial charge in [0.15, 0.2) is 6.61 Å². The van der Waals surface area contributed by atoms with Crippen molar-refractivity contribution < 1.29 is 19.0 Å². The molecule has 0 amide bonds. The van der Waals surface area contributed by atoms with E-state index in [1.165, 1.54) is 12.7 Å². The van der Waals surface area contributed by atoms with Crippen LogP contribution in [-0.4, -0.2) is 63.0 Å². The summed E-state index contributed by atoms with van der Waals surface area (Å²) in [5.41, 5.74) is 3.27. The van der Waals surface area contributed by atoms with E-state index >= 15 is 0 Å². The van der Waals surface area contributed by atoms with Crippen LogP contribution in [0.15, 0.2) is 12.1 Å². The van der Waals surface area contributed by atoms with Crippen LogP contribution in [0.25, 0.3) is 0 Å². The number of nitrogens with one attached hydrogen (secondary N) is 1. The van der Waals surface area contributed by atoms with Crippen molar-refractivity contribution in [1.29, 1.82) is 0 Å². The molecule has 0 aromatic heterocycles. The Morgan fingerprint density at radius 1 is 1.23 bits per heavy atom.